The van der Waals surface area contributed by atoms with Gasteiger partial charge in [-0.3, -0.25) is 0 Å². The average molecular weight is 241 g/mol. The van der Waals surface area contributed by atoms with E-state index in [1.807, 2.05) is 0 Å². The van der Waals surface area contributed by atoms with E-state index in [1.165, 1.54) is 0 Å². The number of methoxy groups -OCH3 is 1. The summed E-state index contributed by atoms with van der Waals surface area (Å²) in [4.78, 5) is 4.27. The molecular weight excluding hydrogens is 222 g/mol. The van der Waals surface area contributed by atoms with Gasteiger partial charge in [0.15, 0.2) is 0 Å². The van der Waals surface area contributed by atoms with Gasteiger partial charge in [-0.25, -0.2) is 0 Å². The van der Waals surface area contributed by atoms with E-state index in [0.29, 0.717) is 5.82 Å². The molecule has 1 aliphatic rings. The SMILES string of the molecule is COC1(c2noc(C(N)C(C)O)n2)CCCC1. The van der Waals surface area contributed by atoms with Crippen molar-refractivity contribution in [2.75, 3.05) is 7.11 Å². The maximum Gasteiger partial charge on any atom is 0.246 e. The fourth-order valence-corrected chi connectivity index (χ4v) is 2.23. The number of hydrogen-bond donors (Lipinski definition) is 2. The molecule has 2 unspecified atom stereocenters. The first-order chi connectivity index (χ1) is 8.09. The summed E-state index contributed by atoms with van der Waals surface area (Å²) in [6.45, 7) is 1.59. The van der Waals surface area contributed by atoms with E-state index in [1.54, 1.807) is 14.0 Å². The van der Waals surface area contributed by atoms with Crippen LogP contribution in [0.15, 0.2) is 4.52 Å². The van der Waals surface area contributed by atoms with Gasteiger partial charge in [-0.15, -0.1) is 0 Å². The molecule has 2 atom stereocenters. The van der Waals surface area contributed by atoms with E-state index in [4.69, 9.17) is 15.0 Å². The minimum absolute atomic E-state index is 0.262. The van der Waals surface area contributed by atoms with Gasteiger partial charge in [-0.05, 0) is 32.6 Å². The molecule has 0 aliphatic heterocycles. The zero-order valence-electron chi connectivity index (χ0n) is 10.2. The number of rotatable bonds is 4. The number of hydrogen-bond acceptors (Lipinski definition) is 6. The largest absolute Gasteiger partial charge is 0.391 e. The summed E-state index contributed by atoms with van der Waals surface area (Å²) < 4.78 is 10.7. The molecule has 0 amide bonds. The maximum absolute atomic E-state index is 9.39. The first kappa shape index (κ1) is 12.5. The van der Waals surface area contributed by atoms with E-state index >= 15 is 0 Å². The van der Waals surface area contributed by atoms with Crippen LogP contribution in [0, 0.1) is 0 Å². The van der Waals surface area contributed by atoms with Crippen LogP contribution in [0.2, 0.25) is 0 Å². The summed E-state index contributed by atoms with van der Waals surface area (Å²) >= 11 is 0. The second-order valence-corrected chi connectivity index (χ2v) is 4.63. The van der Waals surface area contributed by atoms with E-state index in [2.05, 4.69) is 10.1 Å². The molecule has 1 aliphatic carbocycles. The fraction of sp³-hybridized carbons (Fsp3) is 0.818. The van der Waals surface area contributed by atoms with Crippen LogP contribution in [-0.4, -0.2) is 28.5 Å². The van der Waals surface area contributed by atoms with Crippen LogP contribution in [0.3, 0.4) is 0 Å². The van der Waals surface area contributed by atoms with Crippen molar-refractivity contribution >= 4 is 0 Å². The Hall–Kier alpha value is -0.980. The summed E-state index contributed by atoms with van der Waals surface area (Å²) in [6, 6.07) is -0.647. The number of ether oxygens (including phenoxy) is 1. The smallest absolute Gasteiger partial charge is 0.246 e. The molecule has 2 rings (SSSR count). The predicted octanol–water partition coefficient (Wildman–Crippen LogP) is 0.866. The Morgan fingerprint density at radius 1 is 1.47 bits per heavy atom. The van der Waals surface area contributed by atoms with Crippen LogP contribution >= 0.6 is 0 Å². The normalized spacial score (nSPS) is 22.6. The molecule has 0 radical (unpaired) electrons. The molecule has 6 nitrogen and oxygen atoms in total. The summed E-state index contributed by atoms with van der Waals surface area (Å²) in [7, 11) is 1.66. The van der Waals surface area contributed by atoms with Gasteiger partial charge in [0.05, 0.1) is 6.10 Å². The van der Waals surface area contributed by atoms with Crippen molar-refractivity contribution in [3.05, 3.63) is 11.7 Å². The van der Waals surface area contributed by atoms with Crippen molar-refractivity contribution in [1.82, 2.24) is 10.1 Å². The van der Waals surface area contributed by atoms with E-state index < -0.39 is 17.7 Å². The zero-order chi connectivity index (χ0) is 12.5. The van der Waals surface area contributed by atoms with E-state index in [9.17, 15) is 5.11 Å². The zero-order valence-corrected chi connectivity index (χ0v) is 10.2. The molecule has 17 heavy (non-hydrogen) atoms. The Labute approximate surface area is 100 Å². The highest BCUT2D eigenvalue weighted by Crippen LogP contribution is 2.40. The Morgan fingerprint density at radius 2 is 2.12 bits per heavy atom. The molecule has 0 bridgehead atoms. The van der Waals surface area contributed by atoms with Gasteiger partial charge in [0.2, 0.25) is 11.7 Å². The van der Waals surface area contributed by atoms with Crippen LogP contribution < -0.4 is 5.73 Å². The summed E-state index contributed by atoms with van der Waals surface area (Å²) in [5.41, 5.74) is 5.32. The van der Waals surface area contributed by atoms with Crippen molar-refractivity contribution in [3.63, 3.8) is 0 Å². The third-order valence-electron chi connectivity index (χ3n) is 3.46. The molecule has 6 heteroatoms. The monoisotopic (exact) mass is 241 g/mol. The summed E-state index contributed by atoms with van der Waals surface area (Å²) in [6.07, 6.45) is 3.27. The number of aliphatic hydroxyl groups is 1. The lowest BCUT2D eigenvalue weighted by molar-refractivity contribution is -0.0178. The van der Waals surface area contributed by atoms with Crippen molar-refractivity contribution in [3.8, 4) is 0 Å². The second kappa shape index (κ2) is 4.72. The first-order valence-electron chi connectivity index (χ1n) is 5.92. The minimum atomic E-state index is -0.717. The molecule has 0 aromatic carbocycles. The van der Waals surface area contributed by atoms with Crippen LogP contribution in [0.25, 0.3) is 0 Å². The first-order valence-corrected chi connectivity index (χ1v) is 5.92. The van der Waals surface area contributed by atoms with Gasteiger partial charge in [0, 0.05) is 7.11 Å². The molecule has 3 N–H and O–H groups in total. The Bertz CT molecular complexity index is 372. The Kier molecular flexibility index (Phi) is 3.46. The van der Waals surface area contributed by atoms with Gasteiger partial charge in [0.25, 0.3) is 0 Å². The van der Waals surface area contributed by atoms with Crippen molar-refractivity contribution in [1.29, 1.82) is 0 Å². The Morgan fingerprint density at radius 3 is 2.65 bits per heavy atom. The van der Waals surface area contributed by atoms with Crippen LogP contribution in [0.5, 0.6) is 0 Å². The summed E-state index contributed by atoms with van der Waals surface area (Å²) in [5, 5.41) is 13.3. The predicted molar refractivity (Wildman–Crippen MR) is 60.1 cm³/mol. The van der Waals surface area contributed by atoms with E-state index in [-0.39, 0.29) is 5.89 Å². The molecule has 1 aromatic heterocycles. The summed E-state index contributed by atoms with van der Waals surface area (Å²) in [5.74, 6) is 0.807. The molecule has 1 heterocycles. The highest BCUT2D eigenvalue weighted by atomic mass is 16.5. The maximum atomic E-state index is 9.39. The third-order valence-corrected chi connectivity index (χ3v) is 3.46. The fourth-order valence-electron chi connectivity index (χ4n) is 2.23. The van der Waals surface area contributed by atoms with Gasteiger partial charge in [0.1, 0.15) is 11.6 Å². The highest BCUT2D eigenvalue weighted by molar-refractivity contribution is 5.06. The number of aromatic nitrogens is 2. The quantitative estimate of drug-likeness (QED) is 0.812. The third kappa shape index (κ3) is 2.20. The standard InChI is InChI=1S/C11H19N3O3/c1-7(15)8(12)9-13-10(14-17-9)11(16-2)5-3-4-6-11/h7-8,15H,3-6,12H2,1-2H3. The lowest BCUT2D eigenvalue weighted by Crippen LogP contribution is -2.27. The lowest BCUT2D eigenvalue weighted by Gasteiger charge is -2.22. The van der Waals surface area contributed by atoms with Gasteiger partial charge in [-0.1, -0.05) is 5.16 Å². The van der Waals surface area contributed by atoms with Crippen molar-refractivity contribution in [2.45, 2.75) is 50.4 Å². The van der Waals surface area contributed by atoms with Gasteiger partial charge < -0.3 is 20.1 Å². The number of nitrogens with zero attached hydrogens (tertiary/aromatic N) is 2. The lowest BCUT2D eigenvalue weighted by atomic mass is 10.0. The number of nitrogens with two attached hydrogens (primary N) is 1. The molecule has 0 saturated heterocycles. The minimum Gasteiger partial charge on any atom is -0.391 e. The molecule has 0 spiro atoms. The van der Waals surface area contributed by atoms with Crippen LogP contribution in [0.1, 0.15) is 50.4 Å². The topological polar surface area (TPSA) is 94.4 Å². The average Bonchev–Trinajstić information content (AvgIpc) is 2.97. The van der Waals surface area contributed by atoms with Crippen molar-refractivity contribution < 1.29 is 14.4 Å². The van der Waals surface area contributed by atoms with Gasteiger partial charge in [-0.2, -0.15) is 4.98 Å². The van der Waals surface area contributed by atoms with Gasteiger partial charge >= 0.3 is 0 Å². The molecular formula is C11H19N3O3. The Balaban J connectivity index is 2.22. The molecule has 96 valence electrons. The highest BCUT2D eigenvalue weighted by Gasteiger charge is 2.40. The molecule has 1 fully saturated rings. The molecule has 1 saturated carbocycles. The van der Waals surface area contributed by atoms with E-state index in [0.717, 1.165) is 25.7 Å². The van der Waals surface area contributed by atoms with Crippen molar-refractivity contribution in [2.24, 2.45) is 5.73 Å². The van der Waals surface area contributed by atoms with Crippen LogP contribution in [-0.2, 0) is 10.3 Å². The second-order valence-electron chi connectivity index (χ2n) is 4.63. The van der Waals surface area contributed by atoms with Crippen LogP contribution in [0.4, 0.5) is 0 Å². The number of aliphatic hydroxyl groups excluding tert-OH is 1. The molecule has 1 aromatic rings.